The Morgan fingerprint density at radius 3 is 3.00 bits per heavy atom. The fourth-order valence-electron chi connectivity index (χ4n) is 2.54. The third-order valence-corrected chi connectivity index (χ3v) is 5.91. The molecule has 0 saturated heterocycles. The second kappa shape index (κ2) is 7.05. The van der Waals surface area contributed by atoms with Gasteiger partial charge in [0.2, 0.25) is 5.91 Å². The van der Waals surface area contributed by atoms with Crippen LogP contribution < -0.4 is 5.32 Å². The van der Waals surface area contributed by atoms with Crippen LogP contribution in [0.1, 0.15) is 31.6 Å². The van der Waals surface area contributed by atoms with Gasteiger partial charge in [0.15, 0.2) is 11.0 Å². The highest BCUT2D eigenvalue weighted by Gasteiger charge is 2.31. The van der Waals surface area contributed by atoms with Crippen LogP contribution in [0.15, 0.2) is 45.5 Å². The number of nitrogens with zero attached hydrogens (tertiary/aromatic N) is 3. The fraction of sp³-hybridized carbons (Fsp3) is 0.353. The number of rotatable bonds is 7. The van der Waals surface area contributed by atoms with Crippen molar-refractivity contribution in [1.82, 2.24) is 20.1 Å². The van der Waals surface area contributed by atoms with Crippen LogP contribution in [-0.4, -0.2) is 25.9 Å². The Morgan fingerprint density at radius 2 is 2.32 bits per heavy atom. The van der Waals surface area contributed by atoms with Gasteiger partial charge < -0.3 is 9.73 Å². The molecule has 0 radical (unpaired) electrons. The van der Waals surface area contributed by atoms with E-state index in [0.717, 1.165) is 34.5 Å². The van der Waals surface area contributed by atoms with Crippen molar-refractivity contribution in [3.05, 3.63) is 41.7 Å². The zero-order valence-corrected chi connectivity index (χ0v) is 15.3. The maximum absolute atomic E-state index is 12.3. The molecular formula is C17H18N4O2S2. The molecule has 1 fully saturated rings. The van der Waals surface area contributed by atoms with Crippen LogP contribution in [-0.2, 0) is 11.3 Å². The van der Waals surface area contributed by atoms with E-state index >= 15 is 0 Å². The van der Waals surface area contributed by atoms with Crippen molar-refractivity contribution in [3.63, 3.8) is 0 Å². The van der Waals surface area contributed by atoms with E-state index in [-0.39, 0.29) is 11.2 Å². The lowest BCUT2D eigenvalue weighted by Crippen LogP contribution is -2.30. The molecule has 3 aromatic heterocycles. The Kier molecular flexibility index (Phi) is 4.63. The molecule has 3 aromatic rings. The van der Waals surface area contributed by atoms with Gasteiger partial charge in [-0.25, -0.2) is 0 Å². The van der Waals surface area contributed by atoms with E-state index in [1.54, 1.807) is 17.6 Å². The number of hydrogen-bond donors (Lipinski definition) is 1. The summed E-state index contributed by atoms with van der Waals surface area (Å²) in [5.74, 6) is 1.61. The number of nitrogens with one attached hydrogen (secondary N) is 1. The molecule has 1 atom stereocenters. The van der Waals surface area contributed by atoms with Crippen molar-refractivity contribution >= 4 is 29.0 Å². The largest absolute Gasteiger partial charge is 0.467 e. The Morgan fingerprint density at radius 1 is 1.44 bits per heavy atom. The summed E-state index contributed by atoms with van der Waals surface area (Å²) in [6, 6.07) is 8.18. The first-order valence-corrected chi connectivity index (χ1v) is 9.94. The highest BCUT2D eigenvalue weighted by atomic mass is 32.2. The van der Waals surface area contributed by atoms with Crippen LogP contribution in [0.2, 0.25) is 0 Å². The average Bonchev–Trinajstić information content (AvgIpc) is 3.05. The second-order valence-electron chi connectivity index (χ2n) is 5.94. The summed E-state index contributed by atoms with van der Waals surface area (Å²) in [5, 5.41) is 14.2. The third kappa shape index (κ3) is 3.64. The quantitative estimate of drug-likeness (QED) is 0.638. The van der Waals surface area contributed by atoms with Gasteiger partial charge in [0.05, 0.1) is 22.9 Å². The Labute approximate surface area is 153 Å². The van der Waals surface area contributed by atoms with Crippen molar-refractivity contribution < 1.29 is 9.21 Å². The molecule has 6 nitrogen and oxygen atoms in total. The van der Waals surface area contributed by atoms with Crippen molar-refractivity contribution in [2.45, 2.75) is 42.8 Å². The topological polar surface area (TPSA) is 73.0 Å². The second-order valence-corrected chi connectivity index (χ2v) is 8.20. The average molecular weight is 374 g/mol. The molecule has 130 valence electrons. The third-order valence-electron chi connectivity index (χ3n) is 3.99. The molecule has 1 aliphatic carbocycles. The highest BCUT2D eigenvalue weighted by Crippen LogP contribution is 2.42. The van der Waals surface area contributed by atoms with Gasteiger partial charge in [0, 0.05) is 6.04 Å². The van der Waals surface area contributed by atoms with E-state index in [1.807, 2.05) is 30.5 Å². The molecule has 0 aromatic carbocycles. The van der Waals surface area contributed by atoms with Gasteiger partial charge in [0.25, 0.3) is 0 Å². The minimum atomic E-state index is -0.257. The zero-order chi connectivity index (χ0) is 17.2. The Bertz CT molecular complexity index is 838. The summed E-state index contributed by atoms with van der Waals surface area (Å²) in [7, 11) is 0. The lowest BCUT2D eigenvalue weighted by molar-refractivity contribution is -0.120. The zero-order valence-electron chi connectivity index (χ0n) is 13.7. The standard InChI is InChI=1S/C17H18N4O2S2/c1-11(16(22)18-10-13-4-2-8-23-13)25-17-20-19-15(14-5-3-9-24-14)21(17)12-6-7-12/h2-5,8-9,11-12H,6-7,10H2,1H3,(H,18,22)/t11-/m1/s1. The molecule has 0 unspecified atom stereocenters. The molecule has 1 aliphatic rings. The van der Waals surface area contributed by atoms with Gasteiger partial charge in [-0.15, -0.1) is 21.5 Å². The predicted octanol–water partition coefficient (Wildman–Crippen LogP) is 3.73. The number of amides is 1. The van der Waals surface area contributed by atoms with Crippen LogP contribution >= 0.6 is 23.1 Å². The number of hydrogen-bond acceptors (Lipinski definition) is 6. The minimum Gasteiger partial charge on any atom is -0.467 e. The van der Waals surface area contributed by atoms with E-state index in [4.69, 9.17) is 4.42 Å². The molecular weight excluding hydrogens is 356 g/mol. The van der Waals surface area contributed by atoms with Crippen molar-refractivity contribution in [1.29, 1.82) is 0 Å². The van der Waals surface area contributed by atoms with Gasteiger partial charge in [-0.3, -0.25) is 9.36 Å². The van der Waals surface area contributed by atoms with Gasteiger partial charge in [0.1, 0.15) is 5.76 Å². The Balaban J connectivity index is 1.46. The SMILES string of the molecule is C[C@@H](Sc1nnc(-c2cccs2)n1C1CC1)C(=O)NCc1ccco1. The lowest BCUT2D eigenvalue weighted by atomic mass is 10.4. The van der Waals surface area contributed by atoms with E-state index < -0.39 is 0 Å². The summed E-state index contributed by atoms with van der Waals surface area (Å²) < 4.78 is 7.43. The number of carbonyl (C=O) groups is 1. The molecule has 0 aliphatic heterocycles. The lowest BCUT2D eigenvalue weighted by Gasteiger charge is -2.12. The molecule has 3 heterocycles. The molecule has 4 rings (SSSR count). The summed E-state index contributed by atoms with van der Waals surface area (Å²) in [4.78, 5) is 13.5. The molecule has 0 spiro atoms. The fourth-order valence-corrected chi connectivity index (χ4v) is 4.18. The smallest absolute Gasteiger partial charge is 0.233 e. The molecule has 8 heteroatoms. The van der Waals surface area contributed by atoms with Crippen LogP contribution in [0.25, 0.3) is 10.7 Å². The van der Waals surface area contributed by atoms with Gasteiger partial charge in [-0.1, -0.05) is 17.8 Å². The molecule has 25 heavy (non-hydrogen) atoms. The van der Waals surface area contributed by atoms with Crippen LogP contribution in [0, 0.1) is 0 Å². The normalized spacial score (nSPS) is 15.2. The number of carbonyl (C=O) groups excluding carboxylic acids is 1. The van der Waals surface area contributed by atoms with Gasteiger partial charge >= 0.3 is 0 Å². The number of thiophene rings is 1. The predicted molar refractivity (Wildman–Crippen MR) is 97.5 cm³/mol. The monoisotopic (exact) mass is 374 g/mol. The number of aromatic nitrogens is 3. The first-order chi connectivity index (χ1) is 12.2. The maximum Gasteiger partial charge on any atom is 0.233 e. The first kappa shape index (κ1) is 16.4. The van der Waals surface area contributed by atoms with E-state index in [2.05, 4.69) is 26.1 Å². The molecule has 0 bridgehead atoms. The van der Waals surface area contributed by atoms with Gasteiger partial charge in [-0.2, -0.15) is 0 Å². The first-order valence-electron chi connectivity index (χ1n) is 8.18. The summed E-state index contributed by atoms with van der Waals surface area (Å²) in [6.07, 6.45) is 3.88. The summed E-state index contributed by atoms with van der Waals surface area (Å²) in [6.45, 7) is 2.28. The van der Waals surface area contributed by atoms with Crippen molar-refractivity contribution in [2.24, 2.45) is 0 Å². The minimum absolute atomic E-state index is 0.0376. The number of furan rings is 1. The summed E-state index contributed by atoms with van der Waals surface area (Å²) in [5.41, 5.74) is 0. The van der Waals surface area contributed by atoms with Crippen LogP contribution in [0.5, 0.6) is 0 Å². The van der Waals surface area contributed by atoms with Crippen LogP contribution in [0.4, 0.5) is 0 Å². The Hall–Kier alpha value is -2.06. The molecule has 1 N–H and O–H groups in total. The molecule has 1 amide bonds. The molecule has 1 saturated carbocycles. The van der Waals surface area contributed by atoms with Crippen LogP contribution in [0.3, 0.4) is 0 Å². The van der Waals surface area contributed by atoms with Crippen molar-refractivity contribution in [3.8, 4) is 10.7 Å². The van der Waals surface area contributed by atoms with Crippen molar-refractivity contribution in [2.75, 3.05) is 0 Å². The van der Waals surface area contributed by atoms with E-state index in [1.165, 1.54) is 11.8 Å². The van der Waals surface area contributed by atoms with E-state index in [0.29, 0.717) is 12.6 Å². The highest BCUT2D eigenvalue weighted by molar-refractivity contribution is 8.00. The van der Waals surface area contributed by atoms with E-state index in [9.17, 15) is 4.79 Å². The summed E-state index contributed by atoms with van der Waals surface area (Å²) >= 11 is 3.11. The maximum atomic E-state index is 12.3. The number of thioether (sulfide) groups is 1. The van der Waals surface area contributed by atoms with Gasteiger partial charge in [-0.05, 0) is 43.3 Å².